The quantitative estimate of drug-likeness (QED) is 0.403. The van der Waals surface area contributed by atoms with Crippen molar-refractivity contribution in [2.45, 2.75) is 13.8 Å². The van der Waals surface area contributed by atoms with E-state index in [0.717, 1.165) is 18.8 Å². The SMILES string of the molecule is CCN(CC)c1ccc2cc(C(=O)/C=C/c3cccc(O)c3)c(=O)oc2c1. The van der Waals surface area contributed by atoms with Crippen molar-refractivity contribution in [3.63, 3.8) is 0 Å². The van der Waals surface area contributed by atoms with E-state index in [1.807, 2.05) is 18.2 Å². The van der Waals surface area contributed by atoms with Gasteiger partial charge in [-0.2, -0.15) is 0 Å². The molecule has 3 aromatic rings. The largest absolute Gasteiger partial charge is 0.508 e. The van der Waals surface area contributed by atoms with Gasteiger partial charge in [-0.3, -0.25) is 4.79 Å². The van der Waals surface area contributed by atoms with Crippen LogP contribution in [-0.2, 0) is 0 Å². The van der Waals surface area contributed by atoms with Crippen LogP contribution in [0.3, 0.4) is 0 Å². The van der Waals surface area contributed by atoms with Crippen molar-refractivity contribution in [1.29, 1.82) is 0 Å². The second-order valence-electron chi connectivity index (χ2n) is 6.13. The average molecular weight is 363 g/mol. The Bertz CT molecular complexity index is 1060. The molecule has 0 saturated heterocycles. The lowest BCUT2D eigenvalue weighted by molar-refractivity contribution is 0.104. The Labute approximate surface area is 157 Å². The van der Waals surface area contributed by atoms with E-state index in [2.05, 4.69) is 18.7 Å². The van der Waals surface area contributed by atoms with Gasteiger partial charge in [0, 0.05) is 30.2 Å². The van der Waals surface area contributed by atoms with Gasteiger partial charge < -0.3 is 14.4 Å². The Morgan fingerprint density at radius 2 is 1.89 bits per heavy atom. The van der Waals surface area contributed by atoms with Gasteiger partial charge >= 0.3 is 5.63 Å². The third-order valence-electron chi connectivity index (χ3n) is 4.41. The van der Waals surface area contributed by atoms with E-state index in [-0.39, 0.29) is 11.3 Å². The van der Waals surface area contributed by atoms with E-state index in [1.54, 1.807) is 30.3 Å². The molecule has 138 valence electrons. The second-order valence-corrected chi connectivity index (χ2v) is 6.13. The predicted octanol–water partition coefficient (Wildman–Crippen LogP) is 4.24. The molecule has 0 aliphatic heterocycles. The summed E-state index contributed by atoms with van der Waals surface area (Å²) in [5.74, 6) is -0.333. The van der Waals surface area contributed by atoms with Crippen LogP contribution in [0.1, 0.15) is 29.8 Å². The normalized spacial score (nSPS) is 11.2. The lowest BCUT2D eigenvalue weighted by Crippen LogP contribution is -2.21. The van der Waals surface area contributed by atoms with Crippen molar-refractivity contribution in [2.75, 3.05) is 18.0 Å². The van der Waals surface area contributed by atoms with Crippen molar-refractivity contribution in [3.8, 4) is 5.75 Å². The van der Waals surface area contributed by atoms with Gasteiger partial charge in [0.15, 0.2) is 5.78 Å². The lowest BCUT2D eigenvalue weighted by atomic mass is 10.1. The minimum absolute atomic E-state index is 0.0190. The highest BCUT2D eigenvalue weighted by Gasteiger charge is 2.12. The molecule has 0 saturated carbocycles. The summed E-state index contributed by atoms with van der Waals surface area (Å²) >= 11 is 0. The number of ketones is 1. The summed E-state index contributed by atoms with van der Waals surface area (Å²) in [6.45, 7) is 5.82. The van der Waals surface area contributed by atoms with E-state index < -0.39 is 11.4 Å². The van der Waals surface area contributed by atoms with Crippen LogP contribution in [0.2, 0.25) is 0 Å². The molecular weight excluding hydrogens is 342 g/mol. The topological polar surface area (TPSA) is 70.8 Å². The Balaban J connectivity index is 1.93. The van der Waals surface area contributed by atoms with Crippen LogP contribution in [-0.4, -0.2) is 24.0 Å². The van der Waals surface area contributed by atoms with Crippen molar-refractivity contribution in [1.82, 2.24) is 0 Å². The first-order valence-corrected chi connectivity index (χ1v) is 8.86. The summed E-state index contributed by atoms with van der Waals surface area (Å²) in [5, 5.41) is 10.2. The summed E-state index contributed by atoms with van der Waals surface area (Å²) in [7, 11) is 0. The van der Waals surface area contributed by atoms with Crippen LogP contribution in [0.4, 0.5) is 5.69 Å². The van der Waals surface area contributed by atoms with Crippen molar-refractivity contribution in [3.05, 3.63) is 76.2 Å². The van der Waals surface area contributed by atoms with E-state index >= 15 is 0 Å². The standard InChI is InChI=1S/C22H21NO4/c1-3-23(4-2)17-10-9-16-13-19(22(26)27-21(16)14-17)20(25)11-8-15-6-5-7-18(24)12-15/h5-14,24H,3-4H2,1-2H3/b11-8+. The van der Waals surface area contributed by atoms with Gasteiger partial charge in [0.2, 0.25) is 0 Å². The molecule has 2 aromatic carbocycles. The molecule has 0 radical (unpaired) electrons. The molecule has 5 heteroatoms. The fourth-order valence-corrected chi connectivity index (χ4v) is 2.95. The molecule has 0 unspecified atom stereocenters. The van der Waals surface area contributed by atoms with E-state index in [4.69, 9.17) is 4.42 Å². The predicted molar refractivity (Wildman–Crippen MR) is 108 cm³/mol. The number of carbonyl (C=O) groups is 1. The Hall–Kier alpha value is -3.34. The number of fused-ring (bicyclic) bond motifs is 1. The second kappa shape index (κ2) is 7.91. The molecule has 0 aliphatic rings. The van der Waals surface area contributed by atoms with Gasteiger partial charge in [0.1, 0.15) is 16.9 Å². The molecule has 0 bridgehead atoms. The van der Waals surface area contributed by atoms with E-state index in [0.29, 0.717) is 16.5 Å². The molecule has 1 heterocycles. The molecule has 0 spiro atoms. The molecular formula is C22H21NO4. The Morgan fingerprint density at radius 1 is 1.11 bits per heavy atom. The van der Waals surface area contributed by atoms with Crippen LogP contribution < -0.4 is 10.5 Å². The summed E-state index contributed by atoms with van der Waals surface area (Å²) in [6.07, 6.45) is 2.85. The molecule has 0 atom stereocenters. The Kier molecular flexibility index (Phi) is 5.41. The highest BCUT2D eigenvalue weighted by atomic mass is 16.4. The van der Waals surface area contributed by atoms with Crippen molar-refractivity contribution < 1.29 is 14.3 Å². The molecule has 0 fully saturated rings. The molecule has 27 heavy (non-hydrogen) atoms. The molecule has 0 amide bonds. The number of rotatable bonds is 6. The number of phenolic OH excluding ortho intramolecular Hbond substituents is 1. The maximum atomic E-state index is 12.4. The Morgan fingerprint density at radius 3 is 2.59 bits per heavy atom. The fraction of sp³-hybridized carbons (Fsp3) is 0.182. The zero-order chi connectivity index (χ0) is 19.4. The third kappa shape index (κ3) is 4.08. The van der Waals surface area contributed by atoms with Crippen molar-refractivity contribution in [2.24, 2.45) is 0 Å². The summed E-state index contributed by atoms with van der Waals surface area (Å²) in [4.78, 5) is 26.9. The maximum Gasteiger partial charge on any atom is 0.347 e. The molecule has 3 rings (SSSR count). The smallest absolute Gasteiger partial charge is 0.347 e. The number of benzene rings is 2. The van der Waals surface area contributed by atoms with Gasteiger partial charge in [0.25, 0.3) is 0 Å². The van der Waals surface area contributed by atoms with Gasteiger partial charge in [-0.1, -0.05) is 18.2 Å². The summed E-state index contributed by atoms with van der Waals surface area (Å²) in [6, 6.07) is 13.7. The number of nitrogens with zero attached hydrogens (tertiary/aromatic N) is 1. The first kappa shape index (κ1) is 18.5. The zero-order valence-corrected chi connectivity index (χ0v) is 15.3. The number of hydrogen-bond acceptors (Lipinski definition) is 5. The number of allylic oxidation sites excluding steroid dienone is 1. The number of phenols is 1. The molecule has 0 aliphatic carbocycles. The van der Waals surface area contributed by atoms with Crippen LogP contribution in [0.5, 0.6) is 5.75 Å². The monoisotopic (exact) mass is 363 g/mol. The highest BCUT2D eigenvalue weighted by Crippen LogP contribution is 2.22. The molecule has 5 nitrogen and oxygen atoms in total. The van der Waals surface area contributed by atoms with Gasteiger partial charge in [-0.15, -0.1) is 0 Å². The van der Waals surface area contributed by atoms with Gasteiger partial charge in [-0.05, 0) is 55.8 Å². The summed E-state index contributed by atoms with van der Waals surface area (Å²) in [5.41, 5.74) is 1.41. The first-order chi connectivity index (χ1) is 13.0. The minimum Gasteiger partial charge on any atom is -0.508 e. The summed E-state index contributed by atoms with van der Waals surface area (Å²) < 4.78 is 5.39. The van der Waals surface area contributed by atoms with Crippen LogP contribution in [0.25, 0.3) is 17.0 Å². The number of anilines is 1. The van der Waals surface area contributed by atoms with Crippen molar-refractivity contribution >= 4 is 28.5 Å². The van der Waals surface area contributed by atoms with Crippen LogP contribution in [0.15, 0.2) is 63.8 Å². The molecule has 1 N–H and O–H groups in total. The highest BCUT2D eigenvalue weighted by molar-refractivity contribution is 6.07. The lowest BCUT2D eigenvalue weighted by Gasteiger charge is -2.20. The van der Waals surface area contributed by atoms with Gasteiger partial charge in [-0.25, -0.2) is 4.79 Å². The zero-order valence-electron chi connectivity index (χ0n) is 15.3. The maximum absolute atomic E-state index is 12.4. The minimum atomic E-state index is -0.662. The average Bonchev–Trinajstić information content (AvgIpc) is 2.66. The first-order valence-electron chi connectivity index (χ1n) is 8.86. The number of carbonyl (C=O) groups excluding carboxylic acids is 1. The molecule has 1 aromatic heterocycles. The number of hydrogen-bond donors (Lipinski definition) is 1. The fourth-order valence-electron chi connectivity index (χ4n) is 2.95. The van der Waals surface area contributed by atoms with Crippen LogP contribution in [0, 0.1) is 0 Å². The van der Waals surface area contributed by atoms with Gasteiger partial charge in [0.05, 0.1) is 0 Å². The third-order valence-corrected chi connectivity index (χ3v) is 4.41. The van der Waals surface area contributed by atoms with E-state index in [1.165, 1.54) is 12.1 Å². The van der Waals surface area contributed by atoms with Crippen LogP contribution >= 0.6 is 0 Å². The van der Waals surface area contributed by atoms with E-state index in [9.17, 15) is 14.7 Å². The number of aromatic hydroxyl groups is 1.